The lowest BCUT2D eigenvalue weighted by atomic mass is 10.1. The molecule has 2 aromatic heterocycles. The monoisotopic (exact) mass is 295 g/mol. The third kappa shape index (κ3) is 2.81. The summed E-state index contributed by atoms with van der Waals surface area (Å²) >= 11 is 0. The van der Waals surface area contributed by atoms with Gasteiger partial charge < -0.3 is 9.88 Å². The highest BCUT2D eigenvalue weighted by Gasteiger charge is 2.07. The summed E-state index contributed by atoms with van der Waals surface area (Å²) in [5, 5.41) is 2.85. The minimum atomic E-state index is -0.206. The lowest BCUT2D eigenvalue weighted by Crippen LogP contribution is -2.26. The van der Waals surface area contributed by atoms with E-state index >= 15 is 0 Å². The van der Waals surface area contributed by atoms with E-state index in [0.717, 1.165) is 28.8 Å². The van der Waals surface area contributed by atoms with E-state index in [1.165, 1.54) is 12.4 Å². The Morgan fingerprint density at radius 3 is 2.95 bits per heavy atom. The average Bonchev–Trinajstić information content (AvgIpc) is 2.82. The molecule has 112 valence electrons. The molecular weight excluding hydrogens is 278 g/mol. The largest absolute Gasteiger partial charge is 0.350 e. The van der Waals surface area contributed by atoms with Gasteiger partial charge in [-0.25, -0.2) is 9.97 Å². The number of aromatic nitrogens is 4. The van der Waals surface area contributed by atoms with Crippen LogP contribution >= 0.6 is 0 Å². The fraction of sp³-hybridized carbons (Fsp3) is 0.250. The van der Waals surface area contributed by atoms with Gasteiger partial charge in [0.15, 0.2) is 0 Å². The number of hydrogen-bond acceptors (Lipinski definition) is 4. The Morgan fingerprint density at radius 1 is 1.32 bits per heavy atom. The van der Waals surface area contributed by atoms with Crippen LogP contribution < -0.4 is 5.32 Å². The van der Waals surface area contributed by atoms with Gasteiger partial charge in [-0.05, 0) is 31.0 Å². The molecule has 6 heteroatoms. The quantitative estimate of drug-likeness (QED) is 0.794. The van der Waals surface area contributed by atoms with Gasteiger partial charge in [-0.3, -0.25) is 9.78 Å². The van der Waals surface area contributed by atoms with Crippen LogP contribution in [-0.2, 0) is 13.5 Å². The van der Waals surface area contributed by atoms with Crippen molar-refractivity contribution in [1.29, 1.82) is 0 Å². The smallest absolute Gasteiger partial charge is 0.271 e. The second-order valence-electron chi connectivity index (χ2n) is 5.14. The fourth-order valence-corrected chi connectivity index (χ4v) is 2.35. The third-order valence-corrected chi connectivity index (χ3v) is 3.66. The van der Waals surface area contributed by atoms with Crippen LogP contribution in [0.25, 0.3) is 11.0 Å². The highest BCUT2D eigenvalue weighted by atomic mass is 16.1. The van der Waals surface area contributed by atoms with E-state index in [1.54, 1.807) is 6.20 Å². The van der Waals surface area contributed by atoms with Crippen molar-refractivity contribution in [3.8, 4) is 0 Å². The average molecular weight is 295 g/mol. The summed E-state index contributed by atoms with van der Waals surface area (Å²) in [7, 11) is 2.01. The summed E-state index contributed by atoms with van der Waals surface area (Å²) in [5.41, 5.74) is 3.57. The van der Waals surface area contributed by atoms with E-state index in [0.29, 0.717) is 12.2 Å². The first-order valence-corrected chi connectivity index (χ1v) is 7.11. The third-order valence-electron chi connectivity index (χ3n) is 3.66. The van der Waals surface area contributed by atoms with Crippen LogP contribution in [0.2, 0.25) is 0 Å². The molecule has 2 heterocycles. The van der Waals surface area contributed by atoms with Gasteiger partial charge in [-0.2, -0.15) is 0 Å². The number of carbonyl (C=O) groups is 1. The van der Waals surface area contributed by atoms with Crippen LogP contribution in [0, 0.1) is 6.92 Å². The standard InChI is InChI=1S/C16H17N5O/c1-11-20-13-9-12(3-4-15(13)21(11)2)5-6-19-16(22)14-10-17-7-8-18-14/h3-4,7-10H,5-6H2,1-2H3,(H,19,22). The number of rotatable bonds is 4. The molecule has 3 aromatic rings. The number of hydrogen-bond donors (Lipinski definition) is 1. The maximum absolute atomic E-state index is 11.9. The molecule has 1 N–H and O–H groups in total. The van der Waals surface area contributed by atoms with E-state index in [1.807, 2.05) is 14.0 Å². The number of benzene rings is 1. The first-order valence-electron chi connectivity index (χ1n) is 7.11. The number of imidazole rings is 1. The Labute approximate surface area is 128 Å². The molecule has 0 aliphatic carbocycles. The van der Waals surface area contributed by atoms with Crippen molar-refractivity contribution >= 4 is 16.9 Å². The lowest BCUT2D eigenvalue weighted by Gasteiger charge is -2.05. The molecule has 0 bridgehead atoms. The van der Waals surface area contributed by atoms with Gasteiger partial charge in [0.1, 0.15) is 11.5 Å². The Kier molecular flexibility index (Phi) is 3.82. The second-order valence-corrected chi connectivity index (χ2v) is 5.14. The van der Waals surface area contributed by atoms with E-state index < -0.39 is 0 Å². The summed E-state index contributed by atoms with van der Waals surface area (Å²) in [4.78, 5) is 24.2. The highest BCUT2D eigenvalue weighted by molar-refractivity contribution is 5.91. The maximum Gasteiger partial charge on any atom is 0.271 e. The zero-order valence-electron chi connectivity index (χ0n) is 12.6. The molecule has 22 heavy (non-hydrogen) atoms. The van der Waals surface area contributed by atoms with E-state index in [-0.39, 0.29) is 5.91 Å². The highest BCUT2D eigenvalue weighted by Crippen LogP contribution is 2.16. The topological polar surface area (TPSA) is 72.7 Å². The second kappa shape index (κ2) is 5.93. The van der Waals surface area contributed by atoms with Crippen molar-refractivity contribution in [2.24, 2.45) is 7.05 Å². The molecule has 6 nitrogen and oxygen atoms in total. The Bertz CT molecular complexity index is 810. The molecule has 1 amide bonds. The molecule has 0 atom stereocenters. The minimum absolute atomic E-state index is 0.206. The van der Waals surface area contributed by atoms with Gasteiger partial charge in [-0.1, -0.05) is 6.07 Å². The number of carbonyl (C=O) groups excluding carboxylic acids is 1. The van der Waals surface area contributed by atoms with Crippen LogP contribution in [0.4, 0.5) is 0 Å². The van der Waals surface area contributed by atoms with Gasteiger partial charge in [0.2, 0.25) is 0 Å². The normalized spacial score (nSPS) is 10.8. The van der Waals surface area contributed by atoms with E-state index in [2.05, 4.69) is 43.0 Å². The van der Waals surface area contributed by atoms with Crippen molar-refractivity contribution in [3.63, 3.8) is 0 Å². The number of fused-ring (bicyclic) bond motifs is 1. The number of nitrogens with zero attached hydrogens (tertiary/aromatic N) is 4. The molecule has 0 unspecified atom stereocenters. The van der Waals surface area contributed by atoms with Gasteiger partial charge in [-0.15, -0.1) is 0 Å². The van der Waals surface area contributed by atoms with Crippen molar-refractivity contribution in [3.05, 3.63) is 53.9 Å². The van der Waals surface area contributed by atoms with Crippen LogP contribution in [0.5, 0.6) is 0 Å². The van der Waals surface area contributed by atoms with E-state index in [9.17, 15) is 4.79 Å². The predicted molar refractivity (Wildman–Crippen MR) is 83.5 cm³/mol. The summed E-state index contributed by atoms with van der Waals surface area (Å²) in [6, 6.07) is 6.20. The van der Waals surface area contributed by atoms with Gasteiger partial charge in [0.05, 0.1) is 17.2 Å². The number of amides is 1. The lowest BCUT2D eigenvalue weighted by molar-refractivity contribution is 0.0949. The fourth-order valence-electron chi connectivity index (χ4n) is 2.35. The summed E-state index contributed by atoms with van der Waals surface area (Å²) in [6.45, 7) is 2.54. The predicted octanol–water partition coefficient (Wildman–Crippen LogP) is 1.64. The van der Waals surface area contributed by atoms with Crippen molar-refractivity contribution in [1.82, 2.24) is 24.8 Å². The first-order chi connectivity index (χ1) is 10.6. The van der Waals surface area contributed by atoms with Gasteiger partial charge >= 0.3 is 0 Å². The molecule has 0 radical (unpaired) electrons. The Hall–Kier alpha value is -2.76. The Morgan fingerprint density at radius 2 is 2.18 bits per heavy atom. The van der Waals surface area contributed by atoms with Crippen molar-refractivity contribution < 1.29 is 4.79 Å². The molecule has 0 aliphatic heterocycles. The minimum Gasteiger partial charge on any atom is -0.350 e. The van der Waals surface area contributed by atoms with Crippen LogP contribution in [-0.4, -0.2) is 32.0 Å². The zero-order valence-corrected chi connectivity index (χ0v) is 12.6. The summed E-state index contributed by atoms with van der Waals surface area (Å²) < 4.78 is 2.06. The molecule has 0 aliphatic rings. The van der Waals surface area contributed by atoms with E-state index in [4.69, 9.17) is 0 Å². The molecule has 1 aromatic carbocycles. The zero-order chi connectivity index (χ0) is 15.5. The maximum atomic E-state index is 11.9. The molecule has 0 fully saturated rings. The number of aryl methyl sites for hydroxylation is 2. The number of nitrogens with one attached hydrogen (secondary N) is 1. The van der Waals surface area contributed by atoms with Crippen LogP contribution in [0.3, 0.4) is 0 Å². The molecule has 0 saturated carbocycles. The molecule has 3 rings (SSSR count). The van der Waals surface area contributed by atoms with Gasteiger partial charge in [0, 0.05) is 26.0 Å². The van der Waals surface area contributed by atoms with Crippen molar-refractivity contribution in [2.45, 2.75) is 13.3 Å². The van der Waals surface area contributed by atoms with Crippen molar-refractivity contribution in [2.75, 3.05) is 6.54 Å². The summed E-state index contributed by atoms with van der Waals surface area (Å²) in [5.74, 6) is 0.783. The molecule has 0 saturated heterocycles. The SMILES string of the molecule is Cc1nc2cc(CCNC(=O)c3cnccn3)ccc2n1C. The first kappa shape index (κ1) is 14.2. The molecular formula is C16H17N5O. The van der Waals surface area contributed by atoms with Gasteiger partial charge in [0.25, 0.3) is 5.91 Å². The Balaban J connectivity index is 1.63. The molecule has 0 spiro atoms. The summed E-state index contributed by atoms with van der Waals surface area (Å²) in [6.07, 6.45) is 5.25. The van der Waals surface area contributed by atoms with Crippen LogP contribution in [0.15, 0.2) is 36.8 Å². The van der Waals surface area contributed by atoms with Crippen LogP contribution in [0.1, 0.15) is 21.9 Å².